The third-order valence-electron chi connectivity index (χ3n) is 6.44. The van der Waals surface area contributed by atoms with Gasteiger partial charge in [-0.05, 0) is 61.2 Å². The summed E-state index contributed by atoms with van der Waals surface area (Å²) in [6.07, 6.45) is 5.32. The highest BCUT2D eigenvalue weighted by Crippen LogP contribution is 2.29. The Balaban J connectivity index is 1.91. The third-order valence-corrected chi connectivity index (χ3v) is 6.44. The molecule has 0 aliphatic heterocycles. The molecule has 0 fully saturated rings. The Morgan fingerprint density at radius 2 is 1.80 bits per heavy atom. The first-order valence-corrected chi connectivity index (χ1v) is 12.5. The quantitative estimate of drug-likeness (QED) is 0.276. The fourth-order valence-electron chi connectivity index (χ4n) is 4.46. The van der Waals surface area contributed by atoms with E-state index in [1.807, 2.05) is 66.4 Å². The van der Waals surface area contributed by atoms with E-state index < -0.39 is 6.04 Å². The van der Waals surface area contributed by atoms with Crippen LogP contribution in [0.25, 0.3) is 16.6 Å². The lowest BCUT2D eigenvalue weighted by Crippen LogP contribution is -2.38. The van der Waals surface area contributed by atoms with Gasteiger partial charge < -0.3 is 9.32 Å². The Morgan fingerprint density at radius 1 is 1.03 bits per heavy atom. The number of amides is 1. The number of hydrogen-bond acceptors (Lipinski definition) is 4. The maximum Gasteiger partial charge on any atom is 0.266 e. The van der Waals surface area contributed by atoms with E-state index in [4.69, 9.17) is 9.40 Å². The number of rotatable bonds is 10. The second kappa shape index (κ2) is 11.2. The molecule has 1 unspecified atom stereocenters. The van der Waals surface area contributed by atoms with Crippen molar-refractivity contribution in [1.29, 1.82) is 0 Å². The fraction of sp³-hybridized carbons (Fsp3) is 0.345. The highest BCUT2D eigenvalue weighted by molar-refractivity contribution is 5.79. The van der Waals surface area contributed by atoms with Crippen molar-refractivity contribution < 1.29 is 9.21 Å². The van der Waals surface area contributed by atoms with Crippen LogP contribution in [0.5, 0.6) is 0 Å². The van der Waals surface area contributed by atoms with Crippen molar-refractivity contribution in [3.05, 3.63) is 94.4 Å². The van der Waals surface area contributed by atoms with Gasteiger partial charge in [0, 0.05) is 6.42 Å². The van der Waals surface area contributed by atoms with Crippen LogP contribution >= 0.6 is 0 Å². The second-order valence-corrected chi connectivity index (χ2v) is 8.78. The van der Waals surface area contributed by atoms with Gasteiger partial charge in [0.25, 0.3) is 5.56 Å². The van der Waals surface area contributed by atoms with Crippen LogP contribution in [0.2, 0.25) is 0 Å². The maximum absolute atomic E-state index is 13.8. The Bertz CT molecular complexity index is 1320. The Morgan fingerprint density at radius 3 is 2.46 bits per heavy atom. The first kappa shape index (κ1) is 24.5. The Hall–Kier alpha value is -3.67. The number of hydrogen-bond donors (Lipinski definition) is 0. The molecule has 4 aromatic rings. The summed E-state index contributed by atoms with van der Waals surface area (Å²) >= 11 is 0. The predicted octanol–water partition coefficient (Wildman–Crippen LogP) is 6.21. The lowest BCUT2D eigenvalue weighted by molar-refractivity contribution is -0.135. The van der Waals surface area contributed by atoms with Crippen LogP contribution in [0.1, 0.15) is 69.6 Å². The summed E-state index contributed by atoms with van der Waals surface area (Å²) in [4.78, 5) is 34.1. The first-order chi connectivity index (χ1) is 17.1. The molecule has 182 valence electrons. The molecule has 0 spiro atoms. The molecule has 6 nitrogen and oxygen atoms in total. The number of carbonyl (C=O) groups excluding carboxylic acids is 1. The molecule has 0 aliphatic carbocycles. The number of aryl methyl sites for hydroxylation is 1. The fourth-order valence-corrected chi connectivity index (χ4v) is 4.46. The van der Waals surface area contributed by atoms with E-state index >= 15 is 0 Å². The number of benzene rings is 2. The summed E-state index contributed by atoms with van der Waals surface area (Å²) in [6.45, 7) is 6.53. The molecule has 0 saturated heterocycles. The minimum absolute atomic E-state index is 0.0328. The standard InChI is InChI=1S/C29H33N3O3/c1-4-7-14-27(33)31(20-23-11-10-19-35-23)26(6-3)28-30-25-13-9-8-12-24(25)29(34)32(28)22-17-15-21(5-2)16-18-22/h8-13,15-19,26H,4-7,14,20H2,1-3H3. The zero-order valence-electron chi connectivity index (χ0n) is 20.7. The summed E-state index contributed by atoms with van der Waals surface area (Å²) in [6, 6.07) is 18.7. The SMILES string of the molecule is CCCCC(=O)N(Cc1ccco1)C(CC)c1nc2ccccc2c(=O)n1-c1ccc(CC)cc1. The second-order valence-electron chi connectivity index (χ2n) is 8.78. The molecule has 4 rings (SSSR count). The van der Waals surface area contributed by atoms with Crippen LogP contribution in [-0.4, -0.2) is 20.4 Å². The molecule has 0 N–H and O–H groups in total. The number of carbonyl (C=O) groups is 1. The first-order valence-electron chi connectivity index (χ1n) is 12.5. The number of fused-ring (bicyclic) bond motifs is 1. The molecule has 6 heteroatoms. The van der Waals surface area contributed by atoms with Crippen molar-refractivity contribution in [2.24, 2.45) is 0 Å². The van der Waals surface area contributed by atoms with Gasteiger partial charge in [-0.3, -0.25) is 14.2 Å². The van der Waals surface area contributed by atoms with Crippen LogP contribution in [0, 0.1) is 0 Å². The zero-order valence-corrected chi connectivity index (χ0v) is 20.7. The molecule has 2 aromatic carbocycles. The van der Waals surface area contributed by atoms with Crippen molar-refractivity contribution in [2.45, 2.75) is 65.5 Å². The smallest absolute Gasteiger partial charge is 0.266 e. The highest BCUT2D eigenvalue weighted by atomic mass is 16.3. The minimum atomic E-state index is -0.396. The minimum Gasteiger partial charge on any atom is -0.467 e. The lowest BCUT2D eigenvalue weighted by Gasteiger charge is -2.32. The monoisotopic (exact) mass is 471 g/mol. The van der Waals surface area contributed by atoms with E-state index in [-0.39, 0.29) is 11.5 Å². The maximum atomic E-state index is 13.8. The van der Waals surface area contributed by atoms with Crippen molar-refractivity contribution in [3.8, 4) is 5.69 Å². The molecule has 0 radical (unpaired) electrons. The average molecular weight is 472 g/mol. The van der Waals surface area contributed by atoms with Gasteiger partial charge in [-0.1, -0.05) is 51.5 Å². The van der Waals surface area contributed by atoms with Crippen molar-refractivity contribution in [1.82, 2.24) is 14.5 Å². The largest absolute Gasteiger partial charge is 0.467 e. The number of nitrogens with zero attached hydrogens (tertiary/aromatic N) is 3. The van der Waals surface area contributed by atoms with Gasteiger partial charge in [0.05, 0.1) is 35.4 Å². The van der Waals surface area contributed by atoms with Gasteiger partial charge in [-0.2, -0.15) is 0 Å². The van der Waals surface area contributed by atoms with Crippen molar-refractivity contribution >= 4 is 16.8 Å². The van der Waals surface area contributed by atoms with E-state index in [1.165, 1.54) is 5.56 Å². The predicted molar refractivity (Wildman–Crippen MR) is 139 cm³/mol. The molecule has 1 atom stereocenters. The van der Waals surface area contributed by atoms with Crippen LogP contribution < -0.4 is 5.56 Å². The lowest BCUT2D eigenvalue weighted by atomic mass is 10.1. The average Bonchev–Trinajstić information content (AvgIpc) is 3.41. The highest BCUT2D eigenvalue weighted by Gasteiger charge is 2.29. The number of aromatic nitrogens is 2. The molecule has 0 saturated carbocycles. The van der Waals surface area contributed by atoms with Gasteiger partial charge >= 0.3 is 0 Å². The summed E-state index contributed by atoms with van der Waals surface area (Å²) < 4.78 is 7.28. The van der Waals surface area contributed by atoms with Crippen molar-refractivity contribution in [3.63, 3.8) is 0 Å². The van der Waals surface area contributed by atoms with Gasteiger partial charge in [0.2, 0.25) is 5.91 Å². The van der Waals surface area contributed by atoms with Crippen molar-refractivity contribution in [2.75, 3.05) is 0 Å². The van der Waals surface area contributed by atoms with Gasteiger partial charge in [0.15, 0.2) is 0 Å². The van der Waals surface area contributed by atoms with Crippen LogP contribution in [0.4, 0.5) is 0 Å². The topological polar surface area (TPSA) is 68.3 Å². The van der Waals surface area contributed by atoms with Crippen LogP contribution in [-0.2, 0) is 17.8 Å². The number of para-hydroxylation sites is 1. The van der Waals surface area contributed by atoms with Gasteiger partial charge in [-0.15, -0.1) is 0 Å². The van der Waals surface area contributed by atoms with Gasteiger partial charge in [0.1, 0.15) is 11.6 Å². The normalized spacial score (nSPS) is 12.1. The summed E-state index contributed by atoms with van der Waals surface area (Å²) in [5.74, 6) is 1.30. The van der Waals surface area contributed by atoms with E-state index in [2.05, 4.69) is 13.8 Å². The molecule has 35 heavy (non-hydrogen) atoms. The molecule has 1 amide bonds. The third kappa shape index (κ3) is 5.21. The van der Waals surface area contributed by atoms with Gasteiger partial charge in [-0.25, -0.2) is 4.98 Å². The number of furan rings is 1. The molecule has 2 heterocycles. The van der Waals surface area contributed by atoms with Crippen LogP contribution in [0.15, 0.2) is 76.1 Å². The molecular weight excluding hydrogens is 438 g/mol. The van der Waals surface area contributed by atoms with Crippen LogP contribution in [0.3, 0.4) is 0 Å². The Kier molecular flexibility index (Phi) is 7.80. The van der Waals surface area contributed by atoms with E-state index in [9.17, 15) is 9.59 Å². The number of unbranched alkanes of at least 4 members (excludes halogenated alkanes) is 1. The summed E-state index contributed by atoms with van der Waals surface area (Å²) in [5.41, 5.74) is 2.44. The summed E-state index contributed by atoms with van der Waals surface area (Å²) in [5, 5.41) is 0.556. The Labute approximate surface area is 206 Å². The summed E-state index contributed by atoms with van der Waals surface area (Å²) in [7, 11) is 0. The van der Waals surface area contributed by atoms with E-state index in [1.54, 1.807) is 16.9 Å². The molecule has 0 aliphatic rings. The van der Waals surface area contributed by atoms with E-state index in [0.717, 1.165) is 24.9 Å². The zero-order chi connectivity index (χ0) is 24.8. The molecule has 2 aromatic heterocycles. The van der Waals surface area contributed by atoms with E-state index in [0.29, 0.717) is 41.9 Å². The molecule has 0 bridgehead atoms. The molecular formula is C29H33N3O3.